The Morgan fingerprint density at radius 2 is 1.81 bits per heavy atom. The number of nitrogens with zero attached hydrogens (tertiary/aromatic N) is 4. The maximum atomic E-state index is 13.1. The van der Waals surface area contributed by atoms with Gasteiger partial charge < -0.3 is 0 Å². The first-order chi connectivity index (χ1) is 13.1. The molecule has 0 unspecified atom stereocenters. The third-order valence-electron chi connectivity index (χ3n) is 4.65. The van der Waals surface area contributed by atoms with E-state index in [1.165, 1.54) is 9.08 Å². The number of carbonyl (C=O) groups excluding carboxylic acids is 1. The topological polar surface area (TPSA) is 69.3 Å². The van der Waals surface area contributed by atoms with Crippen LogP contribution in [0.4, 0.5) is 0 Å². The summed E-state index contributed by atoms with van der Waals surface area (Å²) in [6.45, 7) is 3.97. The van der Waals surface area contributed by atoms with E-state index in [4.69, 9.17) is 0 Å². The van der Waals surface area contributed by atoms with Gasteiger partial charge in [0.1, 0.15) is 0 Å². The molecule has 0 N–H and O–H groups in total. The number of Topliss-reactive ketones (excluding diaryl/α,β-unsaturated/α-hetero) is 1. The fourth-order valence-corrected chi connectivity index (χ4v) is 3.23. The average molecular weight is 360 g/mol. The summed E-state index contributed by atoms with van der Waals surface area (Å²) < 4.78 is 2.80. The molecule has 0 aliphatic carbocycles. The molecule has 0 aliphatic heterocycles. The van der Waals surface area contributed by atoms with Gasteiger partial charge in [-0.05, 0) is 25.5 Å². The summed E-state index contributed by atoms with van der Waals surface area (Å²) in [4.78, 5) is 30.3. The zero-order chi connectivity index (χ0) is 19.0. The molecule has 2 heterocycles. The summed E-state index contributed by atoms with van der Waals surface area (Å²) in [6, 6.07) is 14.9. The Bertz CT molecular complexity index is 1200. The number of carbonyl (C=O) groups is 1. The molecule has 0 fully saturated rings. The van der Waals surface area contributed by atoms with E-state index in [1.54, 1.807) is 12.1 Å². The van der Waals surface area contributed by atoms with E-state index < -0.39 is 0 Å². The van der Waals surface area contributed by atoms with Crippen molar-refractivity contribution in [1.29, 1.82) is 0 Å². The molecule has 4 rings (SSSR count). The molecule has 27 heavy (non-hydrogen) atoms. The van der Waals surface area contributed by atoms with Gasteiger partial charge in [0, 0.05) is 17.4 Å². The van der Waals surface area contributed by atoms with Crippen molar-refractivity contribution in [3.05, 3.63) is 76.0 Å². The van der Waals surface area contributed by atoms with E-state index >= 15 is 0 Å². The van der Waals surface area contributed by atoms with E-state index in [2.05, 4.69) is 10.1 Å². The quantitative estimate of drug-likeness (QED) is 0.513. The Morgan fingerprint density at radius 3 is 2.56 bits per heavy atom. The highest BCUT2D eigenvalue weighted by atomic mass is 16.2. The van der Waals surface area contributed by atoms with Gasteiger partial charge in [-0.3, -0.25) is 9.36 Å². The molecule has 0 atom stereocenters. The molecule has 2 aromatic heterocycles. The van der Waals surface area contributed by atoms with Gasteiger partial charge in [-0.15, -0.1) is 5.10 Å². The predicted octanol–water partition coefficient (Wildman–Crippen LogP) is 3.19. The van der Waals surface area contributed by atoms with Crippen LogP contribution in [-0.2, 0) is 13.0 Å². The van der Waals surface area contributed by atoms with Crippen molar-refractivity contribution < 1.29 is 4.79 Å². The number of aryl methyl sites for hydroxylation is 2. The maximum Gasteiger partial charge on any atom is 0.351 e. The summed E-state index contributed by atoms with van der Waals surface area (Å²) >= 11 is 0. The molecule has 0 bridgehead atoms. The SMILES string of the molecule is CCCc1nc2c3ccccc3n(CC(=O)c3ccc(C)cc3)c(=O)n2n1. The zero-order valence-corrected chi connectivity index (χ0v) is 15.3. The molecule has 6 heteroatoms. The molecule has 4 aromatic rings. The fraction of sp³-hybridized carbons (Fsp3) is 0.238. The second-order valence-electron chi connectivity index (χ2n) is 6.69. The standard InChI is InChI=1S/C21H20N4O2/c1-3-6-19-22-20-16-7-4-5-8-17(16)24(21(27)25(20)23-19)13-18(26)15-11-9-14(2)10-12-15/h4-5,7-12H,3,6,13H2,1-2H3. The third-order valence-corrected chi connectivity index (χ3v) is 4.65. The lowest BCUT2D eigenvalue weighted by Gasteiger charge is -2.10. The Hall–Kier alpha value is -3.28. The average Bonchev–Trinajstić information content (AvgIpc) is 3.10. The van der Waals surface area contributed by atoms with Crippen LogP contribution < -0.4 is 5.69 Å². The molecule has 6 nitrogen and oxygen atoms in total. The van der Waals surface area contributed by atoms with Crippen LogP contribution in [-0.4, -0.2) is 24.9 Å². The van der Waals surface area contributed by atoms with E-state index in [9.17, 15) is 9.59 Å². The van der Waals surface area contributed by atoms with Gasteiger partial charge in [-0.1, -0.05) is 48.9 Å². The number of benzene rings is 2. The number of hydrogen-bond donors (Lipinski definition) is 0. The Labute approximate surface area is 156 Å². The molecule has 0 saturated heterocycles. The van der Waals surface area contributed by atoms with Crippen molar-refractivity contribution in [2.45, 2.75) is 33.2 Å². The van der Waals surface area contributed by atoms with Crippen molar-refractivity contribution >= 4 is 22.3 Å². The zero-order valence-electron chi connectivity index (χ0n) is 15.3. The Kier molecular flexibility index (Phi) is 4.32. The molecule has 0 aliphatic rings. The van der Waals surface area contributed by atoms with E-state index in [-0.39, 0.29) is 18.0 Å². The normalized spacial score (nSPS) is 11.3. The smallest absolute Gasteiger partial charge is 0.292 e. The van der Waals surface area contributed by atoms with Crippen molar-refractivity contribution in [2.24, 2.45) is 0 Å². The predicted molar refractivity (Wildman–Crippen MR) is 104 cm³/mol. The summed E-state index contributed by atoms with van der Waals surface area (Å²) in [7, 11) is 0. The summed E-state index contributed by atoms with van der Waals surface area (Å²) in [6.07, 6.45) is 1.60. The second kappa shape index (κ2) is 6.79. The van der Waals surface area contributed by atoms with Crippen LogP contribution in [0.3, 0.4) is 0 Å². The van der Waals surface area contributed by atoms with Crippen LogP contribution >= 0.6 is 0 Å². The van der Waals surface area contributed by atoms with E-state index in [0.29, 0.717) is 29.0 Å². The summed E-state index contributed by atoms with van der Waals surface area (Å²) in [5.41, 5.74) is 2.55. The fourth-order valence-electron chi connectivity index (χ4n) is 3.23. The summed E-state index contributed by atoms with van der Waals surface area (Å²) in [5, 5.41) is 5.17. The molecule has 136 valence electrons. The van der Waals surface area contributed by atoms with Gasteiger partial charge in [-0.25, -0.2) is 9.78 Å². The van der Waals surface area contributed by atoms with Crippen LogP contribution in [0, 0.1) is 6.92 Å². The van der Waals surface area contributed by atoms with Crippen molar-refractivity contribution in [3.63, 3.8) is 0 Å². The molecule has 0 amide bonds. The van der Waals surface area contributed by atoms with Gasteiger partial charge in [0.2, 0.25) is 0 Å². The van der Waals surface area contributed by atoms with Crippen molar-refractivity contribution in [3.8, 4) is 0 Å². The molecule has 0 saturated carbocycles. The van der Waals surface area contributed by atoms with Crippen LogP contribution in [0.2, 0.25) is 0 Å². The molecule has 0 spiro atoms. The first-order valence-corrected chi connectivity index (χ1v) is 9.05. The minimum Gasteiger partial charge on any atom is -0.292 e. The number of hydrogen-bond acceptors (Lipinski definition) is 4. The van der Waals surface area contributed by atoms with Crippen LogP contribution in [0.15, 0.2) is 53.3 Å². The van der Waals surface area contributed by atoms with E-state index in [1.807, 2.05) is 50.2 Å². The molecule has 2 aromatic carbocycles. The molecular formula is C21H20N4O2. The van der Waals surface area contributed by atoms with Gasteiger partial charge in [-0.2, -0.15) is 4.52 Å². The lowest BCUT2D eigenvalue weighted by molar-refractivity contribution is 0.0971. The number of fused-ring (bicyclic) bond motifs is 3. The lowest BCUT2D eigenvalue weighted by Crippen LogP contribution is -2.30. The highest BCUT2D eigenvalue weighted by Gasteiger charge is 2.17. The van der Waals surface area contributed by atoms with Gasteiger partial charge in [0.05, 0.1) is 12.1 Å². The van der Waals surface area contributed by atoms with Gasteiger partial charge >= 0.3 is 5.69 Å². The Morgan fingerprint density at radius 1 is 1.07 bits per heavy atom. The second-order valence-corrected chi connectivity index (χ2v) is 6.69. The summed E-state index contributed by atoms with van der Waals surface area (Å²) in [5.74, 6) is 0.526. The maximum absolute atomic E-state index is 13.1. The molecular weight excluding hydrogens is 340 g/mol. The minimum atomic E-state index is -0.348. The van der Waals surface area contributed by atoms with Crippen LogP contribution in [0.5, 0.6) is 0 Å². The minimum absolute atomic E-state index is 0.0404. The Balaban J connectivity index is 1.88. The van der Waals surface area contributed by atoms with Crippen molar-refractivity contribution in [2.75, 3.05) is 0 Å². The first-order valence-electron chi connectivity index (χ1n) is 9.05. The van der Waals surface area contributed by atoms with Gasteiger partial charge in [0.25, 0.3) is 0 Å². The number of rotatable bonds is 5. The molecule has 0 radical (unpaired) electrons. The largest absolute Gasteiger partial charge is 0.351 e. The number of para-hydroxylation sites is 1. The third kappa shape index (κ3) is 3.03. The van der Waals surface area contributed by atoms with E-state index in [0.717, 1.165) is 17.4 Å². The highest BCUT2D eigenvalue weighted by molar-refractivity contribution is 5.97. The van der Waals surface area contributed by atoms with Crippen molar-refractivity contribution in [1.82, 2.24) is 19.2 Å². The monoisotopic (exact) mass is 360 g/mol. The number of aromatic nitrogens is 4. The van der Waals surface area contributed by atoms with Gasteiger partial charge in [0.15, 0.2) is 17.3 Å². The van der Waals surface area contributed by atoms with Crippen LogP contribution in [0.1, 0.15) is 35.1 Å². The lowest BCUT2D eigenvalue weighted by atomic mass is 10.1. The van der Waals surface area contributed by atoms with Crippen LogP contribution in [0.25, 0.3) is 16.6 Å². The first kappa shape index (κ1) is 17.1. The highest BCUT2D eigenvalue weighted by Crippen LogP contribution is 2.18. The number of ketones is 1.